The van der Waals surface area contributed by atoms with E-state index in [4.69, 9.17) is 4.74 Å². The van der Waals surface area contributed by atoms with Crippen LogP contribution in [0, 0.1) is 28.6 Å². The topological polar surface area (TPSA) is 170 Å². The second-order valence-corrected chi connectivity index (χ2v) is 12.8. The smallest absolute Gasteiger partial charge is 0.227 e. The number of phenolic OH excluding ortho intramolecular Hbond substituents is 1. The van der Waals surface area contributed by atoms with E-state index in [1.807, 2.05) is 0 Å². The minimum Gasteiger partial charge on any atom is -0.508 e. The maximum absolute atomic E-state index is 14.3. The molecule has 1 aliphatic heterocycles. The third kappa shape index (κ3) is 3.90. The second kappa shape index (κ2) is 9.52. The van der Waals surface area contributed by atoms with E-state index in [0.29, 0.717) is 31.6 Å². The molecule has 0 aromatic heterocycles. The quantitative estimate of drug-likeness (QED) is 0.270. The number of carbonyl (C=O) groups excluding carboxylic acids is 4. The van der Waals surface area contributed by atoms with E-state index in [2.05, 4.69) is 5.32 Å². The van der Waals surface area contributed by atoms with Crippen LogP contribution in [0.1, 0.15) is 65.0 Å². The Hall–Kier alpha value is -3.50. The Morgan fingerprint density at radius 1 is 1.07 bits per heavy atom. The fourth-order valence-corrected chi connectivity index (χ4v) is 8.00. The molecule has 1 unspecified atom stereocenters. The SMILES string of the molecule is CC(=O)C1=C(O)[C@]2(O)C(=O)C3=C(O)c4c(ccc(NC(=O)C5CCOCC5)c4O)C[C@]3(C)C[C@]2(C)C(C(C)C)C1=O. The van der Waals surface area contributed by atoms with Crippen molar-refractivity contribution >= 4 is 34.7 Å². The number of carbonyl (C=O) groups is 4. The molecule has 10 heteroatoms. The van der Waals surface area contributed by atoms with E-state index >= 15 is 0 Å². The molecule has 1 saturated carbocycles. The summed E-state index contributed by atoms with van der Waals surface area (Å²) in [4.78, 5) is 53.2. The summed E-state index contributed by atoms with van der Waals surface area (Å²) in [5.41, 5.74) is -5.55. The molecule has 0 bridgehead atoms. The van der Waals surface area contributed by atoms with Crippen molar-refractivity contribution < 1.29 is 44.3 Å². The largest absolute Gasteiger partial charge is 0.508 e. The second-order valence-electron chi connectivity index (χ2n) is 12.8. The van der Waals surface area contributed by atoms with E-state index in [1.165, 1.54) is 0 Å². The first-order valence-electron chi connectivity index (χ1n) is 14.0. The van der Waals surface area contributed by atoms with Gasteiger partial charge in [-0.3, -0.25) is 19.2 Å². The number of fused-ring (bicyclic) bond motifs is 3. The fraction of sp³-hybridized carbons (Fsp3) is 0.548. The summed E-state index contributed by atoms with van der Waals surface area (Å²) in [6, 6.07) is 3.21. The van der Waals surface area contributed by atoms with Crippen molar-refractivity contribution in [3.63, 3.8) is 0 Å². The molecule has 1 aromatic carbocycles. The van der Waals surface area contributed by atoms with Crippen molar-refractivity contribution in [2.45, 2.75) is 65.9 Å². The van der Waals surface area contributed by atoms with Crippen LogP contribution in [0.25, 0.3) is 5.76 Å². The summed E-state index contributed by atoms with van der Waals surface area (Å²) >= 11 is 0. The van der Waals surface area contributed by atoms with Gasteiger partial charge in [-0.05, 0) is 50.2 Å². The number of allylic oxidation sites excluding steroid dienone is 1. The summed E-state index contributed by atoms with van der Waals surface area (Å²) in [5, 5.41) is 48.9. The number of ether oxygens (including phenoxy) is 1. The van der Waals surface area contributed by atoms with Gasteiger partial charge in [0.05, 0.1) is 11.3 Å². The van der Waals surface area contributed by atoms with E-state index in [-0.39, 0.29) is 47.4 Å². The Labute approximate surface area is 238 Å². The van der Waals surface area contributed by atoms with E-state index in [0.717, 1.165) is 6.92 Å². The number of phenols is 1. The number of aromatic hydroxyl groups is 1. The zero-order chi connectivity index (χ0) is 30.2. The lowest BCUT2D eigenvalue weighted by Gasteiger charge is -2.59. The molecule has 0 spiro atoms. The van der Waals surface area contributed by atoms with Gasteiger partial charge in [-0.2, -0.15) is 0 Å². The molecule has 0 radical (unpaired) electrons. The van der Waals surface area contributed by atoms with Crippen LogP contribution in [-0.4, -0.2) is 62.5 Å². The molecule has 5 N–H and O–H groups in total. The van der Waals surface area contributed by atoms with E-state index < -0.39 is 62.5 Å². The van der Waals surface area contributed by atoms with Gasteiger partial charge in [0.25, 0.3) is 0 Å². The van der Waals surface area contributed by atoms with Gasteiger partial charge in [0, 0.05) is 41.5 Å². The van der Waals surface area contributed by atoms with Crippen LogP contribution in [0.3, 0.4) is 0 Å². The summed E-state index contributed by atoms with van der Waals surface area (Å²) < 4.78 is 5.31. The van der Waals surface area contributed by atoms with Gasteiger partial charge < -0.3 is 30.5 Å². The molecule has 10 nitrogen and oxygen atoms in total. The van der Waals surface area contributed by atoms with Crippen LogP contribution in [0.4, 0.5) is 5.69 Å². The molecule has 4 aliphatic rings. The Morgan fingerprint density at radius 3 is 2.29 bits per heavy atom. The fourth-order valence-electron chi connectivity index (χ4n) is 8.00. The molecule has 4 atom stereocenters. The average Bonchev–Trinajstić information content (AvgIpc) is 2.87. The Balaban J connectivity index is 1.66. The summed E-state index contributed by atoms with van der Waals surface area (Å²) in [7, 11) is 0. The number of hydrogen-bond donors (Lipinski definition) is 5. The Kier molecular flexibility index (Phi) is 6.74. The normalized spacial score (nSPS) is 32.0. The minimum absolute atomic E-state index is 0.0217. The standard InChI is InChI=1S/C31H37NO9/c1-14(2)21-24(35)19(15(3)33)26(37)31(40)27(38)22-25(36)20-17(12-29(22,4)13-30(21,31)5)6-7-18(23(20)34)32-28(39)16-8-10-41-11-9-16/h6-7,14,16,21,34,36-37,40H,8-13H2,1-5H3,(H,32,39)/t21?,29-,30-,31+/m1/s1. The molecule has 2 fully saturated rings. The first-order valence-corrected chi connectivity index (χ1v) is 14.0. The zero-order valence-electron chi connectivity index (χ0n) is 24.0. The molecule has 5 rings (SSSR count). The number of ketones is 3. The monoisotopic (exact) mass is 567 g/mol. The first-order chi connectivity index (χ1) is 19.1. The predicted molar refractivity (Wildman–Crippen MR) is 148 cm³/mol. The highest BCUT2D eigenvalue weighted by Crippen LogP contribution is 2.65. The van der Waals surface area contributed by atoms with Gasteiger partial charge >= 0.3 is 0 Å². The zero-order valence-corrected chi connectivity index (χ0v) is 24.0. The van der Waals surface area contributed by atoms with Crippen molar-refractivity contribution in [2.75, 3.05) is 18.5 Å². The molecule has 3 aliphatic carbocycles. The number of hydrogen-bond acceptors (Lipinski definition) is 9. The number of benzene rings is 1. The average molecular weight is 568 g/mol. The van der Waals surface area contributed by atoms with Crippen LogP contribution in [-0.2, 0) is 30.3 Å². The van der Waals surface area contributed by atoms with Crippen LogP contribution in [0.2, 0.25) is 0 Å². The third-order valence-corrected chi connectivity index (χ3v) is 9.73. The molecular formula is C31H37NO9. The number of amides is 1. The number of rotatable bonds is 4. The lowest BCUT2D eigenvalue weighted by atomic mass is 9.43. The predicted octanol–water partition coefficient (Wildman–Crippen LogP) is 3.56. The van der Waals surface area contributed by atoms with Gasteiger partial charge in [-0.15, -0.1) is 0 Å². The Morgan fingerprint density at radius 2 is 1.71 bits per heavy atom. The highest BCUT2D eigenvalue weighted by atomic mass is 16.5. The number of Topliss-reactive ketones (excluding diaryl/α,β-unsaturated/α-hetero) is 3. The van der Waals surface area contributed by atoms with Crippen LogP contribution >= 0.6 is 0 Å². The minimum atomic E-state index is -2.67. The van der Waals surface area contributed by atoms with E-state index in [1.54, 1.807) is 39.8 Å². The maximum atomic E-state index is 14.3. The molecule has 220 valence electrons. The van der Waals surface area contributed by atoms with Crippen molar-refractivity contribution in [1.29, 1.82) is 0 Å². The summed E-state index contributed by atoms with van der Waals surface area (Å²) in [6.07, 6.45) is 1.27. The lowest BCUT2D eigenvalue weighted by Crippen LogP contribution is -2.69. The van der Waals surface area contributed by atoms with Gasteiger partial charge in [-0.25, -0.2) is 0 Å². The molecular weight excluding hydrogens is 530 g/mol. The summed E-state index contributed by atoms with van der Waals surface area (Å²) in [5.74, 6) is -6.38. The number of nitrogens with one attached hydrogen (secondary N) is 1. The van der Waals surface area contributed by atoms with Gasteiger partial charge in [0.1, 0.15) is 22.8 Å². The maximum Gasteiger partial charge on any atom is 0.227 e. The molecule has 1 saturated heterocycles. The van der Waals surface area contributed by atoms with Gasteiger partial charge in [0.2, 0.25) is 11.7 Å². The number of anilines is 1. The molecule has 41 heavy (non-hydrogen) atoms. The van der Waals surface area contributed by atoms with E-state index in [9.17, 15) is 39.6 Å². The molecule has 1 heterocycles. The third-order valence-electron chi connectivity index (χ3n) is 9.73. The highest BCUT2D eigenvalue weighted by molar-refractivity contribution is 6.24. The Bertz CT molecular complexity index is 1450. The number of aliphatic hydroxyl groups excluding tert-OH is 2. The first kappa shape index (κ1) is 29.0. The highest BCUT2D eigenvalue weighted by Gasteiger charge is 2.72. The van der Waals surface area contributed by atoms with Crippen LogP contribution in [0.5, 0.6) is 5.75 Å². The number of aliphatic hydroxyl groups is 3. The lowest BCUT2D eigenvalue weighted by molar-refractivity contribution is -0.178. The van der Waals surface area contributed by atoms with Crippen LogP contribution < -0.4 is 5.32 Å². The molecule has 1 aromatic rings. The van der Waals surface area contributed by atoms with Gasteiger partial charge in [0.15, 0.2) is 17.2 Å². The van der Waals surface area contributed by atoms with Gasteiger partial charge in [-0.1, -0.05) is 33.8 Å². The van der Waals surface area contributed by atoms with Crippen molar-refractivity contribution in [2.24, 2.45) is 28.6 Å². The van der Waals surface area contributed by atoms with Crippen molar-refractivity contribution in [1.82, 2.24) is 0 Å². The van der Waals surface area contributed by atoms with Crippen molar-refractivity contribution in [3.05, 3.63) is 40.2 Å². The van der Waals surface area contributed by atoms with Crippen molar-refractivity contribution in [3.8, 4) is 5.75 Å². The molecule has 1 amide bonds. The summed E-state index contributed by atoms with van der Waals surface area (Å²) in [6.45, 7) is 8.83. The van der Waals surface area contributed by atoms with Crippen LogP contribution in [0.15, 0.2) is 29.0 Å².